The molecule has 9 nitrogen and oxygen atoms in total. The summed E-state index contributed by atoms with van der Waals surface area (Å²) in [5.74, 6) is -0.717. The predicted octanol–water partition coefficient (Wildman–Crippen LogP) is 5.80. The molecule has 1 fully saturated rings. The quantitative estimate of drug-likeness (QED) is 0.252. The molecule has 1 N–H and O–H groups in total. The van der Waals surface area contributed by atoms with Crippen LogP contribution in [-0.2, 0) is 9.59 Å². The van der Waals surface area contributed by atoms with E-state index < -0.39 is 28.5 Å². The fraction of sp³-hybridized carbons (Fsp3) is 0.125. The Morgan fingerprint density at radius 2 is 1.97 bits per heavy atom. The first-order valence-electron chi connectivity index (χ1n) is 10.3. The summed E-state index contributed by atoms with van der Waals surface area (Å²) in [5.41, 5.74) is 2.49. The van der Waals surface area contributed by atoms with Gasteiger partial charge in [0.05, 0.1) is 15.4 Å². The van der Waals surface area contributed by atoms with Gasteiger partial charge in [-0.3, -0.25) is 29.4 Å². The minimum atomic E-state index is -0.633. The second-order valence-electron chi connectivity index (χ2n) is 7.68. The molecule has 3 aromatic rings. The molecule has 1 aromatic heterocycles. The summed E-state index contributed by atoms with van der Waals surface area (Å²) < 4.78 is 5.67. The van der Waals surface area contributed by atoms with Crippen LogP contribution in [0.5, 0.6) is 0 Å². The number of hydrogen-bond acceptors (Lipinski definition) is 7. The van der Waals surface area contributed by atoms with Crippen molar-refractivity contribution in [2.24, 2.45) is 0 Å². The lowest BCUT2D eigenvalue weighted by Gasteiger charge is -2.14. The monoisotopic (exact) mass is 511 g/mol. The lowest BCUT2D eigenvalue weighted by atomic mass is 10.1. The second-order valence-corrected chi connectivity index (χ2v) is 9.11. The van der Waals surface area contributed by atoms with Crippen LogP contribution in [0.4, 0.5) is 16.2 Å². The first kappa shape index (κ1) is 24.2. The summed E-state index contributed by atoms with van der Waals surface area (Å²) in [5, 5.41) is 13.7. The molecule has 3 amide bonds. The van der Waals surface area contributed by atoms with E-state index in [-0.39, 0.29) is 32.7 Å². The summed E-state index contributed by atoms with van der Waals surface area (Å²) in [7, 11) is 0. The molecule has 178 valence electrons. The van der Waals surface area contributed by atoms with Gasteiger partial charge in [0.1, 0.15) is 18.1 Å². The highest BCUT2D eigenvalue weighted by Crippen LogP contribution is 2.36. The Morgan fingerprint density at radius 1 is 1.20 bits per heavy atom. The number of rotatable bonds is 6. The largest absolute Gasteiger partial charge is 0.456 e. The van der Waals surface area contributed by atoms with Crippen molar-refractivity contribution in [3.8, 4) is 11.3 Å². The average Bonchev–Trinajstić information content (AvgIpc) is 3.37. The second kappa shape index (κ2) is 9.77. The third-order valence-corrected chi connectivity index (χ3v) is 6.52. The van der Waals surface area contributed by atoms with Gasteiger partial charge in [0.25, 0.3) is 16.8 Å². The van der Waals surface area contributed by atoms with Crippen molar-refractivity contribution < 1.29 is 23.7 Å². The van der Waals surface area contributed by atoms with Crippen molar-refractivity contribution in [2.45, 2.75) is 13.8 Å². The number of amides is 3. The number of hydrogen-bond donors (Lipinski definition) is 1. The van der Waals surface area contributed by atoms with Crippen LogP contribution in [-0.4, -0.2) is 33.4 Å². The van der Waals surface area contributed by atoms with E-state index in [1.165, 1.54) is 36.4 Å². The van der Waals surface area contributed by atoms with E-state index in [1.54, 1.807) is 12.1 Å². The van der Waals surface area contributed by atoms with Crippen LogP contribution >= 0.6 is 23.4 Å². The number of nitro benzene ring substituents is 1. The van der Waals surface area contributed by atoms with Gasteiger partial charge in [-0.2, -0.15) is 0 Å². The molecule has 11 heteroatoms. The molecule has 4 rings (SSSR count). The van der Waals surface area contributed by atoms with E-state index in [1.807, 2.05) is 19.9 Å². The maximum absolute atomic E-state index is 12.8. The maximum atomic E-state index is 12.8. The zero-order chi connectivity index (χ0) is 25.3. The van der Waals surface area contributed by atoms with E-state index in [9.17, 15) is 24.5 Å². The Kier molecular flexibility index (Phi) is 6.77. The Morgan fingerprint density at radius 3 is 2.71 bits per heavy atom. The van der Waals surface area contributed by atoms with E-state index in [4.69, 9.17) is 16.0 Å². The number of carbonyl (C=O) groups excluding carboxylic acids is 3. The number of furan rings is 1. The SMILES string of the molecule is Cc1cccc(NC(=O)CN2C(=O)S/C(=C/c3ccc(-c4ccc(Cl)cc4[N+](=O)[O-])o3)C2=O)c1C. The van der Waals surface area contributed by atoms with Gasteiger partial charge < -0.3 is 9.73 Å². The number of nitrogens with zero attached hydrogens (tertiary/aromatic N) is 2. The van der Waals surface area contributed by atoms with Crippen molar-refractivity contribution >= 4 is 57.9 Å². The number of nitro groups is 1. The number of anilines is 1. The molecule has 1 saturated heterocycles. The number of halogens is 1. The van der Waals surface area contributed by atoms with Crippen LogP contribution in [0.25, 0.3) is 17.4 Å². The molecule has 2 heterocycles. The van der Waals surface area contributed by atoms with Crippen LogP contribution in [0.2, 0.25) is 5.02 Å². The van der Waals surface area contributed by atoms with E-state index in [2.05, 4.69) is 5.32 Å². The van der Waals surface area contributed by atoms with Crippen LogP contribution in [0.3, 0.4) is 0 Å². The van der Waals surface area contributed by atoms with E-state index in [0.717, 1.165) is 16.0 Å². The number of thioether (sulfide) groups is 1. The van der Waals surface area contributed by atoms with Gasteiger partial charge in [-0.1, -0.05) is 23.7 Å². The van der Waals surface area contributed by atoms with E-state index >= 15 is 0 Å². The van der Waals surface area contributed by atoms with Gasteiger partial charge >= 0.3 is 0 Å². The molecule has 0 radical (unpaired) electrons. The maximum Gasteiger partial charge on any atom is 0.294 e. The van der Waals surface area contributed by atoms with Gasteiger partial charge in [-0.15, -0.1) is 0 Å². The smallest absolute Gasteiger partial charge is 0.294 e. The van der Waals surface area contributed by atoms with Crippen LogP contribution < -0.4 is 5.32 Å². The summed E-state index contributed by atoms with van der Waals surface area (Å²) in [6.45, 7) is 3.34. The summed E-state index contributed by atoms with van der Waals surface area (Å²) in [6, 6.07) is 12.7. The highest BCUT2D eigenvalue weighted by Gasteiger charge is 2.36. The van der Waals surface area contributed by atoms with Crippen molar-refractivity contribution in [1.29, 1.82) is 0 Å². The lowest BCUT2D eigenvalue weighted by Crippen LogP contribution is -2.36. The molecule has 0 saturated carbocycles. The first-order valence-corrected chi connectivity index (χ1v) is 11.5. The highest BCUT2D eigenvalue weighted by molar-refractivity contribution is 8.18. The molecule has 0 spiro atoms. The molecule has 2 aromatic carbocycles. The summed E-state index contributed by atoms with van der Waals surface area (Å²) in [4.78, 5) is 49.4. The normalized spacial score (nSPS) is 14.6. The zero-order valence-corrected chi connectivity index (χ0v) is 20.1. The Balaban J connectivity index is 1.50. The minimum absolute atomic E-state index is 0.0704. The fourth-order valence-corrected chi connectivity index (χ4v) is 4.41. The number of aryl methyl sites for hydroxylation is 1. The Bertz CT molecular complexity index is 1410. The first-order chi connectivity index (χ1) is 16.6. The standard InChI is InChI=1S/C24H18ClN3O6S/c1-13-4-3-5-18(14(13)2)26-22(29)12-27-23(30)21(35-24(27)31)11-16-7-9-20(34-16)17-8-6-15(25)10-19(17)28(32)33/h3-11H,12H2,1-2H3,(H,26,29)/b21-11+. The number of carbonyl (C=O) groups is 3. The van der Waals surface area contributed by atoms with Crippen LogP contribution in [0, 0.1) is 24.0 Å². The fourth-order valence-electron chi connectivity index (χ4n) is 3.42. The van der Waals surface area contributed by atoms with Crippen LogP contribution in [0.15, 0.2) is 57.9 Å². The minimum Gasteiger partial charge on any atom is -0.456 e. The molecular formula is C24H18ClN3O6S. The van der Waals surface area contributed by atoms with Gasteiger partial charge in [0.15, 0.2) is 0 Å². The van der Waals surface area contributed by atoms with Crippen molar-refractivity contribution in [1.82, 2.24) is 4.90 Å². The third kappa shape index (κ3) is 5.13. The lowest BCUT2D eigenvalue weighted by molar-refractivity contribution is -0.384. The van der Waals surface area contributed by atoms with E-state index in [0.29, 0.717) is 17.4 Å². The molecular weight excluding hydrogens is 494 g/mol. The summed E-state index contributed by atoms with van der Waals surface area (Å²) >= 11 is 6.53. The Labute approximate surface area is 208 Å². The third-order valence-electron chi connectivity index (χ3n) is 5.38. The van der Waals surface area contributed by atoms with Crippen LogP contribution in [0.1, 0.15) is 16.9 Å². The van der Waals surface area contributed by atoms with Crippen molar-refractivity contribution in [3.63, 3.8) is 0 Å². The number of imide groups is 1. The molecule has 0 aliphatic carbocycles. The zero-order valence-electron chi connectivity index (χ0n) is 18.5. The highest BCUT2D eigenvalue weighted by atomic mass is 35.5. The molecule has 1 aliphatic heterocycles. The van der Waals surface area contributed by atoms with Crippen molar-refractivity contribution in [3.05, 3.63) is 85.5 Å². The molecule has 0 unspecified atom stereocenters. The number of nitrogens with one attached hydrogen (secondary N) is 1. The topological polar surface area (TPSA) is 123 Å². The molecule has 0 bridgehead atoms. The Hall–Kier alpha value is -3.89. The van der Waals surface area contributed by atoms with Gasteiger partial charge in [-0.25, -0.2) is 0 Å². The molecule has 0 atom stereocenters. The van der Waals surface area contributed by atoms with Gasteiger partial charge in [-0.05, 0) is 67.1 Å². The predicted molar refractivity (Wildman–Crippen MR) is 133 cm³/mol. The van der Waals surface area contributed by atoms with Crippen molar-refractivity contribution in [2.75, 3.05) is 11.9 Å². The average molecular weight is 512 g/mol. The summed E-state index contributed by atoms with van der Waals surface area (Å²) in [6.07, 6.45) is 1.36. The molecule has 1 aliphatic rings. The molecule has 35 heavy (non-hydrogen) atoms. The number of benzene rings is 2. The van der Waals surface area contributed by atoms with Gasteiger partial charge in [0.2, 0.25) is 5.91 Å². The van der Waals surface area contributed by atoms with Gasteiger partial charge in [0, 0.05) is 22.9 Å².